The third kappa shape index (κ3) is 3.29. The zero-order chi connectivity index (χ0) is 16.4. The maximum atomic E-state index is 12.0. The molecule has 3 aromatic rings. The van der Waals surface area contributed by atoms with Crippen LogP contribution in [0.5, 0.6) is 0 Å². The number of aryl methyl sites for hydroxylation is 1. The highest BCUT2D eigenvalue weighted by atomic mass is 79.9. The molecule has 0 atom stereocenters. The number of hydrogen-bond donors (Lipinski definition) is 2. The van der Waals surface area contributed by atoms with Gasteiger partial charge in [0.2, 0.25) is 0 Å². The van der Waals surface area contributed by atoms with Crippen molar-refractivity contribution in [2.75, 3.05) is 10.6 Å². The SMILES string of the molecule is CCn1c(=O)oc2cc(NC(=O)Nc3cccc(Br)c3)ccc21. The Kier molecular flexibility index (Phi) is 4.20. The number of urea groups is 1. The first-order chi connectivity index (χ1) is 11.1. The van der Waals surface area contributed by atoms with Gasteiger partial charge in [-0.15, -0.1) is 0 Å². The molecular formula is C16H14BrN3O3. The molecule has 2 N–H and O–H groups in total. The number of aromatic nitrogens is 1. The van der Waals surface area contributed by atoms with Crippen LogP contribution < -0.4 is 16.4 Å². The Morgan fingerprint density at radius 3 is 2.61 bits per heavy atom. The fourth-order valence-electron chi connectivity index (χ4n) is 2.30. The summed E-state index contributed by atoms with van der Waals surface area (Å²) in [6, 6.07) is 12.0. The average molecular weight is 376 g/mol. The van der Waals surface area contributed by atoms with Crippen molar-refractivity contribution in [2.24, 2.45) is 0 Å². The van der Waals surface area contributed by atoms with Gasteiger partial charge in [0.1, 0.15) is 0 Å². The number of halogens is 1. The molecule has 0 spiro atoms. The van der Waals surface area contributed by atoms with Crippen LogP contribution >= 0.6 is 15.9 Å². The number of fused-ring (bicyclic) bond motifs is 1. The van der Waals surface area contributed by atoms with E-state index >= 15 is 0 Å². The molecule has 1 aromatic heterocycles. The third-order valence-electron chi connectivity index (χ3n) is 3.32. The molecule has 0 fully saturated rings. The summed E-state index contributed by atoms with van der Waals surface area (Å²) in [5, 5.41) is 5.44. The average Bonchev–Trinajstić information content (AvgIpc) is 2.81. The van der Waals surface area contributed by atoms with Gasteiger partial charge in [-0.1, -0.05) is 22.0 Å². The summed E-state index contributed by atoms with van der Waals surface area (Å²) in [6.07, 6.45) is 0. The van der Waals surface area contributed by atoms with Gasteiger partial charge in [-0.25, -0.2) is 9.59 Å². The fraction of sp³-hybridized carbons (Fsp3) is 0.125. The molecule has 0 aliphatic rings. The quantitative estimate of drug-likeness (QED) is 0.725. The van der Waals surface area contributed by atoms with Crippen LogP contribution in [0.4, 0.5) is 16.2 Å². The molecule has 2 aromatic carbocycles. The minimum absolute atomic E-state index is 0.375. The van der Waals surface area contributed by atoms with E-state index in [0.717, 1.165) is 4.47 Å². The number of rotatable bonds is 3. The summed E-state index contributed by atoms with van der Waals surface area (Å²) in [4.78, 5) is 23.7. The Morgan fingerprint density at radius 2 is 1.91 bits per heavy atom. The molecule has 118 valence electrons. The zero-order valence-corrected chi connectivity index (χ0v) is 13.9. The van der Waals surface area contributed by atoms with E-state index in [1.807, 2.05) is 19.1 Å². The van der Waals surface area contributed by atoms with Crippen LogP contribution in [0, 0.1) is 0 Å². The molecule has 23 heavy (non-hydrogen) atoms. The topological polar surface area (TPSA) is 76.3 Å². The van der Waals surface area contributed by atoms with Crippen LogP contribution in [0.1, 0.15) is 6.92 Å². The summed E-state index contributed by atoms with van der Waals surface area (Å²) >= 11 is 3.35. The molecule has 3 rings (SSSR count). The van der Waals surface area contributed by atoms with Crippen LogP contribution in [0.3, 0.4) is 0 Å². The number of anilines is 2. The van der Waals surface area contributed by atoms with E-state index in [1.54, 1.807) is 30.3 Å². The number of nitrogens with one attached hydrogen (secondary N) is 2. The maximum absolute atomic E-state index is 12.0. The summed E-state index contributed by atoms with van der Waals surface area (Å²) in [6.45, 7) is 2.40. The van der Waals surface area contributed by atoms with Crippen molar-refractivity contribution in [1.82, 2.24) is 4.57 Å². The van der Waals surface area contributed by atoms with E-state index in [0.29, 0.717) is 29.0 Å². The van der Waals surface area contributed by atoms with Gasteiger partial charge in [-0.2, -0.15) is 0 Å². The smallest absolute Gasteiger partial charge is 0.408 e. The van der Waals surface area contributed by atoms with Crippen molar-refractivity contribution in [3.05, 3.63) is 57.5 Å². The molecule has 0 radical (unpaired) electrons. The van der Waals surface area contributed by atoms with Gasteiger partial charge in [0.15, 0.2) is 5.58 Å². The second kappa shape index (κ2) is 6.29. The Labute approximate surface area is 140 Å². The lowest BCUT2D eigenvalue weighted by molar-refractivity contribution is 0.262. The van der Waals surface area contributed by atoms with Crippen molar-refractivity contribution in [3.63, 3.8) is 0 Å². The number of hydrogen-bond acceptors (Lipinski definition) is 3. The molecule has 0 aliphatic heterocycles. The normalized spacial score (nSPS) is 10.7. The van der Waals surface area contributed by atoms with E-state index in [9.17, 15) is 9.59 Å². The Morgan fingerprint density at radius 1 is 1.17 bits per heavy atom. The first-order valence-corrected chi connectivity index (χ1v) is 7.83. The molecule has 1 heterocycles. The molecule has 6 nitrogen and oxygen atoms in total. The zero-order valence-electron chi connectivity index (χ0n) is 12.3. The number of carbonyl (C=O) groups is 1. The fourth-order valence-corrected chi connectivity index (χ4v) is 2.70. The van der Waals surface area contributed by atoms with Gasteiger partial charge in [0, 0.05) is 28.5 Å². The van der Waals surface area contributed by atoms with E-state index in [2.05, 4.69) is 26.6 Å². The lowest BCUT2D eigenvalue weighted by atomic mass is 10.3. The lowest BCUT2D eigenvalue weighted by Crippen LogP contribution is -2.19. The predicted octanol–water partition coefficient (Wildman–Crippen LogP) is 4.02. The van der Waals surface area contributed by atoms with Crippen LogP contribution in [-0.2, 0) is 6.54 Å². The molecular weight excluding hydrogens is 362 g/mol. The summed E-state index contributed by atoms with van der Waals surface area (Å²) in [7, 11) is 0. The molecule has 7 heteroatoms. The number of amides is 2. The molecule has 0 saturated carbocycles. The molecule has 0 unspecified atom stereocenters. The van der Waals surface area contributed by atoms with Gasteiger partial charge in [0.25, 0.3) is 0 Å². The molecule has 0 bridgehead atoms. The first-order valence-electron chi connectivity index (χ1n) is 7.04. The van der Waals surface area contributed by atoms with Crippen LogP contribution in [0.25, 0.3) is 11.1 Å². The number of carbonyl (C=O) groups excluding carboxylic acids is 1. The van der Waals surface area contributed by atoms with Gasteiger partial charge >= 0.3 is 11.8 Å². The van der Waals surface area contributed by atoms with E-state index < -0.39 is 5.76 Å². The monoisotopic (exact) mass is 375 g/mol. The minimum atomic E-state index is -0.404. The molecule has 0 aliphatic carbocycles. The minimum Gasteiger partial charge on any atom is -0.408 e. The van der Waals surface area contributed by atoms with Gasteiger partial charge < -0.3 is 15.1 Å². The van der Waals surface area contributed by atoms with E-state index in [1.165, 1.54) is 4.57 Å². The van der Waals surface area contributed by atoms with Crippen molar-refractivity contribution in [2.45, 2.75) is 13.5 Å². The second-order valence-corrected chi connectivity index (χ2v) is 5.80. The summed E-state index contributed by atoms with van der Waals surface area (Å²) in [5.74, 6) is -0.404. The highest BCUT2D eigenvalue weighted by Gasteiger charge is 2.09. The van der Waals surface area contributed by atoms with E-state index in [4.69, 9.17) is 4.42 Å². The maximum Gasteiger partial charge on any atom is 0.419 e. The van der Waals surface area contributed by atoms with Gasteiger partial charge in [-0.05, 0) is 37.3 Å². The standard InChI is InChI=1S/C16H14BrN3O3/c1-2-20-13-7-6-12(9-14(13)23-16(20)22)19-15(21)18-11-5-3-4-10(17)8-11/h3-9H,2H2,1H3,(H2,18,19,21). The van der Waals surface area contributed by atoms with Crippen molar-refractivity contribution < 1.29 is 9.21 Å². The van der Waals surface area contributed by atoms with Crippen molar-refractivity contribution >= 4 is 44.4 Å². The van der Waals surface area contributed by atoms with Crippen LogP contribution in [0.2, 0.25) is 0 Å². The largest absolute Gasteiger partial charge is 0.419 e. The summed E-state index contributed by atoms with van der Waals surface area (Å²) in [5.41, 5.74) is 2.36. The van der Waals surface area contributed by atoms with Crippen molar-refractivity contribution in [3.8, 4) is 0 Å². The third-order valence-corrected chi connectivity index (χ3v) is 3.82. The Hall–Kier alpha value is -2.54. The number of nitrogens with zero attached hydrogens (tertiary/aromatic N) is 1. The van der Waals surface area contributed by atoms with Crippen LogP contribution in [0.15, 0.2) is 56.1 Å². The Bertz CT molecular complexity index is 930. The summed E-state index contributed by atoms with van der Waals surface area (Å²) < 4.78 is 7.58. The molecule has 0 saturated heterocycles. The first kappa shape index (κ1) is 15.4. The van der Waals surface area contributed by atoms with Crippen molar-refractivity contribution in [1.29, 1.82) is 0 Å². The molecule has 2 amide bonds. The predicted molar refractivity (Wildman–Crippen MR) is 92.9 cm³/mol. The van der Waals surface area contributed by atoms with E-state index in [-0.39, 0.29) is 6.03 Å². The Balaban J connectivity index is 1.78. The highest BCUT2D eigenvalue weighted by Crippen LogP contribution is 2.19. The van der Waals surface area contributed by atoms with Gasteiger partial charge in [-0.3, -0.25) is 4.57 Å². The highest BCUT2D eigenvalue weighted by molar-refractivity contribution is 9.10. The lowest BCUT2D eigenvalue weighted by Gasteiger charge is -2.08. The number of oxazole rings is 1. The number of benzene rings is 2. The van der Waals surface area contributed by atoms with Gasteiger partial charge in [0.05, 0.1) is 5.52 Å². The van der Waals surface area contributed by atoms with Crippen LogP contribution in [-0.4, -0.2) is 10.6 Å². The second-order valence-electron chi connectivity index (χ2n) is 4.88.